The van der Waals surface area contributed by atoms with Crippen molar-refractivity contribution in [2.24, 2.45) is 4.99 Å². The van der Waals surface area contributed by atoms with Crippen LogP contribution in [0.3, 0.4) is 0 Å². The number of ether oxygens (including phenoxy) is 1. The van der Waals surface area contributed by atoms with Crippen molar-refractivity contribution in [1.29, 1.82) is 0 Å². The quantitative estimate of drug-likeness (QED) is 0.238. The lowest BCUT2D eigenvalue weighted by Gasteiger charge is -2.12. The highest BCUT2D eigenvalue weighted by atomic mass is 127. The smallest absolute Gasteiger partial charge is 0.191 e. The van der Waals surface area contributed by atoms with Crippen molar-refractivity contribution >= 4 is 29.9 Å². The molecular formula is C18H29IN4O3. The second-order valence-corrected chi connectivity index (χ2v) is 5.58. The molecule has 0 aliphatic heterocycles. The Morgan fingerprint density at radius 1 is 1.23 bits per heavy atom. The van der Waals surface area contributed by atoms with E-state index in [1.807, 2.05) is 12.1 Å². The third-order valence-electron chi connectivity index (χ3n) is 3.84. The van der Waals surface area contributed by atoms with E-state index in [9.17, 15) is 0 Å². The molecule has 26 heavy (non-hydrogen) atoms. The molecule has 0 aliphatic carbocycles. The standard InChI is InChI=1S/C18H28N4O3.HI/c1-4-16-15(17(5-2)25-22-16)13-21-18(20-10-12-23-3)19-9-8-14-7-6-11-24-14;/h6-7,11H,4-5,8-10,12-13H2,1-3H3,(H2,19,20,21);1H. The Bertz CT molecular complexity index is 619. The van der Waals surface area contributed by atoms with Crippen molar-refractivity contribution in [3.05, 3.63) is 41.2 Å². The molecule has 2 N–H and O–H groups in total. The summed E-state index contributed by atoms with van der Waals surface area (Å²) in [6, 6.07) is 3.86. The van der Waals surface area contributed by atoms with Gasteiger partial charge in [-0.05, 0) is 18.6 Å². The van der Waals surface area contributed by atoms with Crippen LogP contribution in [0.5, 0.6) is 0 Å². The Hall–Kier alpha value is -1.55. The van der Waals surface area contributed by atoms with Gasteiger partial charge in [-0.15, -0.1) is 24.0 Å². The largest absolute Gasteiger partial charge is 0.469 e. The van der Waals surface area contributed by atoms with Crippen LogP contribution in [0, 0.1) is 0 Å². The third-order valence-corrected chi connectivity index (χ3v) is 3.84. The van der Waals surface area contributed by atoms with E-state index in [4.69, 9.17) is 13.7 Å². The molecule has 0 atom stereocenters. The van der Waals surface area contributed by atoms with E-state index in [2.05, 4.69) is 34.6 Å². The Balaban J connectivity index is 0.00000338. The molecule has 0 saturated heterocycles. The zero-order valence-electron chi connectivity index (χ0n) is 15.7. The fourth-order valence-electron chi connectivity index (χ4n) is 2.48. The average Bonchev–Trinajstić information content (AvgIpc) is 3.28. The predicted octanol–water partition coefficient (Wildman–Crippen LogP) is 2.93. The van der Waals surface area contributed by atoms with Gasteiger partial charge in [-0.1, -0.05) is 19.0 Å². The fourth-order valence-corrected chi connectivity index (χ4v) is 2.48. The van der Waals surface area contributed by atoms with Gasteiger partial charge in [0.15, 0.2) is 5.96 Å². The number of hydrogen-bond donors (Lipinski definition) is 2. The highest BCUT2D eigenvalue weighted by Crippen LogP contribution is 2.16. The van der Waals surface area contributed by atoms with Crippen molar-refractivity contribution in [2.75, 3.05) is 26.8 Å². The maximum Gasteiger partial charge on any atom is 0.191 e. The lowest BCUT2D eigenvalue weighted by molar-refractivity contribution is 0.203. The third kappa shape index (κ3) is 6.99. The normalized spacial score (nSPS) is 11.3. The summed E-state index contributed by atoms with van der Waals surface area (Å²) < 4.78 is 15.9. The molecule has 0 radical (unpaired) electrons. The van der Waals surface area contributed by atoms with Crippen LogP contribution in [-0.2, 0) is 30.5 Å². The number of halogens is 1. The topological polar surface area (TPSA) is 84.8 Å². The summed E-state index contributed by atoms with van der Waals surface area (Å²) in [6.07, 6.45) is 4.14. The first-order chi connectivity index (χ1) is 12.3. The Morgan fingerprint density at radius 2 is 2.04 bits per heavy atom. The lowest BCUT2D eigenvalue weighted by atomic mass is 10.1. The van der Waals surface area contributed by atoms with Crippen LogP contribution >= 0.6 is 24.0 Å². The molecule has 0 aromatic carbocycles. The summed E-state index contributed by atoms with van der Waals surface area (Å²) in [7, 11) is 1.68. The Labute approximate surface area is 172 Å². The number of rotatable bonds is 10. The molecule has 146 valence electrons. The van der Waals surface area contributed by atoms with Gasteiger partial charge in [0.1, 0.15) is 11.5 Å². The number of guanidine groups is 1. The van der Waals surface area contributed by atoms with Crippen LogP contribution in [0.4, 0.5) is 0 Å². The minimum atomic E-state index is 0. The molecule has 2 rings (SSSR count). The molecule has 0 amide bonds. The van der Waals surface area contributed by atoms with Crippen molar-refractivity contribution < 1.29 is 13.7 Å². The number of hydrogen-bond acceptors (Lipinski definition) is 5. The van der Waals surface area contributed by atoms with Gasteiger partial charge in [-0.3, -0.25) is 0 Å². The average molecular weight is 476 g/mol. The lowest BCUT2D eigenvalue weighted by Crippen LogP contribution is -2.40. The number of aryl methyl sites for hydroxylation is 2. The van der Waals surface area contributed by atoms with E-state index in [1.165, 1.54) is 0 Å². The highest BCUT2D eigenvalue weighted by molar-refractivity contribution is 14.0. The van der Waals surface area contributed by atoms with Crippen molar-refractivity contribution in [3.63, 3.8) is 0 Å². The minimum absolute atomic E-state index is 0. The number of nitrogens with zero attached hydrogens (tertiary/aromatic N) is 2. The number of nitrogens with one attached hydrogen (secondary N) is 2. The van der Waals surface area contributed by atoms with E-state index >= 15 is 0 Å². The highest BCUT2D eigenvalue weighted by Gasteiger charge is 2.13. The van der Waals surface area contributed by atoms with Gasteiger partial charge in [0, 0.05) is 38.6 Å². The van der Waals surface area contributed by atoms with E-state index < -0.39 is 0 Å². The number of aliphatic imine (C=N–C) groups is 1. The summed E-state index contributed by atoms with van der Waals surface area (Å²) in [5, 5.41) is 10.7. The van der Waals surface area contributed by atoms with Gasteiger partial charge in [-0.2, -0.15) is 0 Å². The van der Waals surface area contributed by atoms with Crippen LogP contribution in [0.2, 0.25) is 0 Å². The SMILES string of the molecule is CCc1noc(CC)c1CN=C(NCCOC)NCCc1ccco1.I. The fraction of sp³-hybridized carbons (Fsp3) is 0.556. The molecule has 2 aromatic heterocycles. The minimum Gasteiger partial charge on any atom is -0.469 e. The molecule has 0 aliphatic rings. The first kappa shape index (κ1) is 22.5. The monoisotopic (exact) mass is 476 g/mol. The second-order valence-electron chi connectivity index (χ2n) is 5.58. The van der Waals surface area contributed by atoms with Crippen LogP contribution in [0.25, 0.3) is 0 Å². The zero-order valence-corrected chi connectivity index (χ0v) is 18.0. The Kier molecular flexibility index (Phi) is 11.0. The molecule has 8 heteroatoms. The van der Waals surface area contributed by atoms with Crippen molar-refractivity contribution in [1.82, 2.24) is 15.8 Å². The van der Waals surface area contributed by atoms with Crippen LogP contribution < -0.4 is 10.6 Å². The van der Waals surface area contributed by atoms with Gasteiger partial charge in [0.25, 0.3) is 0 Å². The van der Waals surface area contributed by atoms with Gasteiger partial charge in [-0.25, -0.2) is 4.99 Å². The summed E-state index contributed by atoms with van der Waals surface area (Å²) in [6.45, 7) is 6.72. The molecule has 0 unspecified atom stereocenters. The first-order valence-corrected chi connectivity index (χ1v) is 8.78. The molecule has 0 fully saturated rings. The summed E-state index contributed by atoms with van der Waals surface area (Å²) >= 11 is 0. The van der Waals surface area contributed by atoms with Crippen molar-refractivity contribution in [2.45, 2.75) is 39.7 Å². The second kappa shape index (κ2) is 12.7. The summed E-state index contributed by atoms with van der Waals surface area (Å²) in [4.78, 5) is 4.68. The van der Waals surface area contributed by atoms with Gasteiger partial charge in [0.2, 0.25) is 0 Å². The Morgan fingerprint density at radius 3 is 2.69 bits per heavy atom. The number of aromatic nitrogens is 1. The molecule has 0 saturated carbocycles. The van der Waals surface area contributed by atoms with Crippen LogP contribution in [0.1, 0.15) is 36.6 Å². The summed E-state index contributed by atoms with van der Waals surface area (Å²) in [5.41, 5.74) is 2.07. The molecule has 2 aromatic rings. The van der Waals surface area contributed by atoms with E-state index in [0.29, 0.717) is 19.7 Å². The van der Waals surface area contributed by atoms with Gasteiger partial charge < -0.3 is 24.3 Å². The van der Waals surface area contributed by atoms with Crippen molar-refractivity contribution in [3.8, 4) is 0 Å². The van der Waals surface area contributed by atoms with E-state index in [-0.39, 0.29) is 24.0 Å². The first-order valence-electron chi connectivity index (χ1n) is 8.78. The van der Waals surface area contributed by atoms with Crippen LogP contribution in [0.15, 0.2) is 32.3 Å². The molecule has 7 nitrogen and oxygen atoms in total. The molecule has 0 bridgehead atoms. The maximum atomic E-state index is 5.40. The number of methoxy groups -OCH3 is 1. The molecule has 2 heterocycles. The molecule has 0 spiro atoms. The number of furan rings is 1. The van der Waals surface area contributed by atoms with Crippen LogP contribution in [-0.4, -0.2) is 37.9 Å². The van der Waals surface area contributed by atoms with Gasteiger partial charge >= 0.3 is 0 Å². The predicted molar refractivity (Wildman–Crippen MR) is 112 cm³/mol. The molecular weight excluding hydrogens is 447 g/mol. The maximum absolute atomic E-state index is 5.40. The van der Waals surface area contributed by atoms with E-state index in [0.717, 1.165) is 54.5 Å². The summed E-state index contributed by atoms with van der Waals surface area (Å²) in [5.74, 6) is 2.60. The van der Waals surface area contributed by atoms with E-state index in [1.54, 1.807) is 13.4 Å². The zero-order chi connectivity index (χ0) is 17.9. The van der Waals surface area contributed by atoms with Gasteiger partial charge in [0.05, 0.1) is 25.1 Å².